The molecule has 0 spiro atoms. The molecule has 10 heteroatoms. The highest BCUT2D eigenvalue weighted by atomic mass is 35.5. The Hall–Kier alpha value is -1.57. The lowest BCUT2D eigenvalue weighted by Crippen LogP contribution is -2.37. The fourth-order valence-corrected chi connectivity index (χ4v) is 2.13. The number of pyridine rings is 1. The predicted octanol–water partition coefficient (Wildman–Crippen LogP) is 1.75. The largest absolute Gasteiger partial charge is 0.451 e. The number of nitrogens with zero attached hydrogens (tertiary/aromatic N) is 2. The van der Waals surface area contributed by atoms with E-state index < -0.39 is 24.5 Å². The van der Waals surface area contributed by atoms with Gasteiger partial charge in [-0.05, 0) is 0 Å². The van der Waals surface area contributed by atoms with Crippen molar-refractivity contribution in [3.8, 4) is 0 Å². The average molecular weight is 353 g/mol. The SMILES string of the molecule is O=C(OCC(=O)N1CCNC1=O)c1ncc(Cl)c(Cl)c1Cl. The first-order valence-electron chi connectivity index (χ1n) is 5.66. The molecule has 1 saturated heterocycles. The third-order valence-corrected chi connectivity index (χ3v) is 3.84. The number of hydrogen-bond acceptors (Lipinski definition) is 5. The number of ether oxygens (including phenoxy) is 1. The van der Waals surface area contributed by atoms with Crippen LogP contribution >= 0.6 is 34.8 Å². The van der Waals surface area contributed by atoms with E-state index >= 15 is 0 Å². The van der Waals surface area contributed by atoms with E-state index in [1.807, 2.05) is 0 Å². The molecule has 1 aliphatic heterocycles. The smallest absolute Gasteiger partial charge is 0.359 e. The van der Waals surface area contributed by atoms with Gasteiger partial charge in [0.15, 0.2) is 12.3 Å². The minimum Gasteiger partial charge on any atom is -0.451 e. The summed E-state index contributed by atoms with van der Waals surface area (Å²) in [7, 11) is 0. The number of carbonyl (C=O) groups excluding carboxylic acids is 3. The summed E-state index contributed by atoms with van der Waals surface area (Å²) in [5, 5.41) is 2.34. The summed E-state index contributed by atoms with van der Waals surface area (Å²) in [6, 6.07) is -0.526. The van der Waals surface area contributed by atoms with Gasteiger partial charge in [-0.15, -0.1) is 0 Å². The predicted molar refractivity (Wildman–Crippen MR) is 74.7 cm³/mol. The van der Waals surface area contributed by atoms with Crippen LogP contribution in [0.25, 0.3) is 0 Å². The Balaban J connectivity index is 2.01. The van der Waals surface area contributed by atoms with Crippen LogP contribution in [-0.4, -0.2) is 47.5 Å². The summed E-state index contributed by atoms with van der Waals surface area (Å²) in [4.78, 5) is 39.4. The number of carbonyl (C=O) groups is 3. The molecule has 1 N–H and O–H groups in total. The van der Waals surface area contributed by atoms with Crippen LogP contribution in [0.5, 0.6) is 0 Å². The lowest BCUT2D eigenvalue weighted by atomic mass is 10.3. The molecule has 1 fully saturated rings. The zero-order valence-electron chi connectivity index (χ0n) is 10.4. The molecule has 1 aliphatic rings. The molecule has 0 saturated carbocycles. The van der Waals surface area contributed by atoms with Crippen LogP contribution in [0.1, 0.15) is 10.5 Å². The summed E-state index contributed by atoms with van der Waals surface area (Å²) < 4.78 is 4.77. The van der Waals surface area contributed by atoms with Crippen molar-refractivity contribution < 1.29 is 19.1 Å². The van der Waals surface area contributed by atoms with Gasteiger partial charge in [0.25, 0.3) is 5.91 Å². The molecule has 112 valence electrons. The van der Waals surface area contributed by atoms with Gasteiger partial charge in [0.2, 0.25) is 0 Å². The number of nitrogens with one attached hydrogen (secondary N) is 1. The van der Waals surface area contributed by atoms with Gasteiger partial charge < -0.3 is 10.1 Å². The molecular weight excluding hydrogens is 344 g/mol. The second kappa shape index (κ2) is 6.46. The third-order valence-electron chi connectivity index (χ3n) is 2.60. The van der Waals surface area contributed by atoms with Gasteiger partial charge in [-0.3, -0.25) is 9.69 Å². The van der Waals surface area contributed by atoms with Crippen LogP contribution in [0.2, 0.25) is 15.1 Å². The van der Waals surface area contributed by atoms with E-state index in [1.54, 1.807) is 0 Å². The highest BCUT2D eigenvalue weighted by Crippen LogP contribution is 2.31. The number of urea groups is 1. The summed E-state index contributed by atoms with van der Waals surface area (Å²) >= 11 is 17.3. The molecular formula is C11H8Cl3N3O4. The van der Waals surface area contributed by atoms with Crippen LogP contribution in [0.4, 0.5) is 4.79 Å². The van der Waals surface area contributed by atoms with Crippen LogP contribution in [0, 0.1) is 0 Å². The second-order valence-electron chi connectivity index (χ2n) is 3.94. The molecule has 21 heavy (non-hydrogen) atoms. The van der Waals surface area contributed by atoms with Crippen LogP contribution in [-0.2, 0) is 9.53 Å². The molecule has 1 aromatic heterocycles. The van der Waals surface area contributed by atoms with Crippen molar-refractivity contribution in [2.24, 2.45) is 0 Å². The van der Waals surface area contributed by atoms with Gasteiger partial charge in [0.05, 0.1) is 15.1 Å². The Labute approximate surface area is 134 Å². The molecule has 0 radical (unpaired) electrons. The van der Waals surface area contributed by atoms with Gasteiger partial charge in [-0.1, -0.05) is 34.8 Å². The number of halogens is 3. The lowest BCUT2D eigenvalue weighted by Gasteiger charge is -2.12. The first-order chi connectivity index (χ1) is 9.91. The highest BCUT2D eigenvalue weighted by Gasteiger charge is 2.27. The molecule has 0 bridgehead atoms. The van der Waals surface area contributed by atoms with Crippen LogP contribution in [0.15, 0.2) is 6.20 Å². The minimum atomic E-state index is -0.938. The van der Waals surface area contributed by atoms with Crippen molar-refractivity contribution in [3.63, 3.8) is 0 Å². The number of rotatable bonds is 3. The molecule has 0 unspecified atom stereocenters. The zero-order chi connectivity index (χ0) is 15.6. The van der Waals surface area contributed by atoms with Crippen molar-refractivity contribution >= 4 is 52.7 Å². The van der Waals surface area contributed by atoms with E-state index in [4.69, 9.17) is 39.5 Å². The number of aromatic nitrogens is 1. The summed E-state index contributed by atoms with van der Waals surface area (Å²) in [6.45, 7) is -0.0236. The maximum absolute atomic E-state index is 11.8. The first kappa shape index (κ1) is 15.8. The molecule has 3 amide bonds. The normalized spacial score (nSPS) is 14.0. The standard InChI is InChI=1S/C11H8Cl3N3O4/c12-5-3-16-9(8(14)7(5)13)10(19)21-4-6(18)17-2-1-15-11(17)20/h3H,1-2,4H2,(H,15,20). The Bertz CT molecular complexity index is 623. The Morgan fingerprint density at radius 1 is 1.33 bits per heavy atom. The first-order valence-corrected chi connectivity index (χ1v) is 6.80. The molecule has 0 aliphatic carbocycles. The van der Waals surface area contributed by atoms with Crippen LogP contribution < -0.4 is 5.32 Å². The van der Waals surface area contributed by atoms with E-state index in [0.29, 0.717) is 6.54 Å². The molecule has 1 aromatic rings. The van der Waals surface area contributed by atoms with Gasteiger partial charge in [0.1, 0.15) is 0 Å². The molecule has 0 atom stereocenters. The number of imide groups is 1. The van der Waals surface area contributed by atoms with E-state index in [0.717, 1.165) is 11.1 Å². The van der Waals surface area contributed by atoms with Crippen LogP contribution in [0.3, 0.4) is 0 Å². The van der Waals surface area contributed by atoms with Crippen molar-refractivity contribution in [2.45, 2.75) is 0 Å². The van der Waals surface area contributed by atoms with E-state index in [9.17, 15) is 14.4 Å². The van der Waals surface area contributed by atoms with Crippen molar-refractivity contribution in [2.75, 3.05) is 19.7 Å². The van der Waals surface area contributed by atoms with E-state index in [2.05, 4.69) is 10.3 Å². The van der Waals surface area contributed by atoms with Crippen molar-refractivity contribution in [1.82, 2.24) is 15.2 Å². The summed E-state index contributed by atoms with van der Waals surface area (Å²) in [5.41, 5.74) is -0.259. The van der Waals surface area contributed by atoms with E-state index in [-0.39, 0.29) is 27.3 Å². The number of amides is 3. The summed E-state index contributed by atoms with van der Waals surface area (Å²) in [6.07, 6.45) is 1.14. The molecule has 2 rings (SSSR count). The molecule has 2 heterocycles. The summed E-state index contributed by atoms with van der Waals surface area (Å²) in [5.74, 6) is -1.58. The quantitative estimate of drug-likeness (QED) is 0.837. The van der Waals surface area contributed by atoms with Crippen molar-refractivity contribution in [3.05, 3.63) is 27.0 Å². The number of hydrogen-bond donors (Lipinski definition) is 1. The average Bonchev–Trinajstić information content (AvgIpc) is 2.88. The fraction of sp³-hybridized carbons (Fsp3) is 0.273. The maximum atomic E-state index is 11.8. The monoisotopic (exact) mass is 351 g/mol. The Morgan fingerprint density at radius 2 is 2.05 bits per heavy atom. The van der Waals surface area contributed by atoms with Gasteiger partial charge in [-0.25, -0.2) is 14.6 Å². The van der Waals surface area contributed by atoms with E-state index in [1.165, 1.54) is 0 Å². The Morgan fingerprint density at radius 3 is 2.67 bits per heavy atom. The molecule has 7 nitrogen and oxygen atoms in total. The fourth-order valence-electron chi connectivity index (χ4n) is 1.57. The van der Waals surface area contributed by atoms with Gasteiger partial charge in [0, 0.05) is 19.3 Å². The Kier molecular flexibility index (Phi) is 4.87. The van der Waals surface area contributed by atoms with Crippen molar-refractivity contribution in [1.29, 1.82) is 0 Å². The zero-order valence-corrected chi connectivity index (χ0v) is 12.6. The highest BCUT2D eigenvalue weighted by molar-refractivity contribution is 6.48. The van der Waals surface area contributed by atoms with Gasteiger partial charge in [-0.2, -0.15) is 0 Å². The molecule has 0 aromatic carbocycles. The second-order valence-corrected chi connectivity index (χ2v) is 5.10. The topological polar surface area (TPSA) is 88.6 Å². The minimum absolute atomic E-state index is 0.0365. The maximum Gasteiger partial charge on any atom is 0.359 e. The third kappa shape index (κ3) is 3.37. The van der Waals surface area contributed by atoms with Gasteiger partial charge >= 0.3 is 12.0 Å². The number of esters is 1. The lowest BCUT2D eigenvalue weighted by molar-refractivity contribution is -0.130.